The first-order valence-corrected chi connectivity index (χ1v) is 6.42. The van der Waals surface area contributed by atoms with Crippen LogP contribution >= 0.6 is 23.2 Å². The van der Waals surface area contributed by atoms with E-state index < -0.39 is 0 Å². The van der Waals surface area contributed by atoms with Gasteiger partial charge >= 0.3 is 0 Å². The van der Waals surface area contributed by atoms with Crippen LogP contribution in [-0.2, 0) is 0 Å². The van der Waals surface area contributed by atoms with Gasteiger partial charge in [0.2, 0.25) is 0 Å². The van der Waals surface area contributed by atoms with E-state index in [0.29, 0.717) is 21.8 Å². The lowest BCUT2D eigenvalue weighted by Gasteiger charge is -2.30. The quantitative estimate of drug-likeness (QED) is 0.779. The predicted molar refractivity (Wildman–Crippen MR) is 69.3 cm³/mol. The molecule has 0 spiro atoms. The summed E-state index contributed by atoms with van der Waals surface area (Å²) in [6.07, 6.45) is 3.91. The van der Waals surface area contributed by atoms with Gasteiger partial charge in [-0.2, -0.15) is 0 Å². The van der Waals surface area contributed by atoms with E-state index in [4.69, 9.17) is 28.9 Å². The van der Waals surface area contributed by atoms with Crippen LogP contribution < -0.4 is 10.6 Å². The maximum Gasteiger partial charge on any atom is 0.0749 e. The van der Waals surface area contributed by atoms with E-state index in [1.807, 2.05) is 0 Å². The lowest BCUT2D eigenvalue weighted by Crippen LogP contribution is -2.32. The highest BCUT2D eigenvalue weighted by atomic mass is 35.5. The van der Waals surface area contributed by atoms with E-state index in [0.717, 1.165) is 18.2 Å². The molecule has 3 rings (SSSR count). The van der Waals surface area contributed by atoms with E-state index in [1.54, 1.807) is 12.1 Å². The van der Waals surface area contributed by atoms with E-state index in [2.05, 4.69) is 4.90 Å². The molecule has 2 fully saturated rings. The highest BCUT2D eigenvalue weighted by Gasteiger charge is 2.39. The van der Waals surface area contributed by atoms with Gasteiger partial charge in [-0.1, -0.05) is 23.2 Å². The Labute approximate surface area is 105 Å². The maximum absolute atomic E-state index is 6.25. The van der Waals surface area contributed by atoms with Gasteiger partial charge < -0.3 is 10.6 Å². The van der Waals surface area contributed by atoms with Crippen molar-refractivity contribution in [3.05, 3.63) is 22.2 Å². The molecule has 1 aliphatic carbocycles. The highest BCUT2D eigenvalue weighted by molar-refractivity contribution is 6.39. The zero-order chi connectivity index (χ0) is 11.3. The van der Waals surface area contributed by atoms with Gasteiger partial charge in [0.25, 0.3) is 0 Å². The number of nitrogens with zero attached hydrogens (tertiary/aromatic N) is 1. The summed E-state index contributed by atoms with van der Waals surface area (Å²) >= 11 is 12.5. The van der Waals surface area contributed by atoms with Crippen molar-refractivity contribution in [2.24, 2.45) is 5.92 Å². The molecule has 0 radical (unpaired) electrons. The number of halogens is 2. The van der Waals surface area contributed by atoms with Crippen LogP contribution in [-0.4, -0.2) is 12.6 Å². The summed E-state index contributed by atoms with van der Waals surface area (Å²) in [6.45, 7) is 1.09. The third kappa shape index (κ3) is 1.56. The number of hydrogen-bond donors (Lipinski definition) is 1. The van der Waals surface area contributed by atoms with Crippen LogP contribution in [0.1, 0.15) is 19.3 Å². The minimum Gasteiger partial charge on any atom is -0.399 e. The molecule has 2 unspecified atom stereocenters. The molecule has 1 aromatic rings. The Morgan fingerprint density at radius 1 is 1.19 bits per heavy atom. The Morgan fingerprint density at radius 2 is 1.88 bits per heavy atom. The Balaban J connectivity index is 2.01. The summed E-state index contributed by atoms with van der Waals surface area (Å²) in [7, 11) is 0. The number of hydrogen-bond acceptors (Lipinski definition) is 2. The lowest BCUT2D eigenvalue weighted by atomic mass is 10.1. The second kappa shape index (κ2) is 3.71. The van der Waals surface area contributed by atoms with E-state index in [9.17, 15) is 0 Å². The average molecular weight is 257 g/mol. The van der Waals surface area contributed by atoms with Crippen molar-refractivity contribution < 1.29 is 0 Å². The van der Waals surface area contributed by atoms with Gasteiger partial charge in [0.15, 0.2) is 0 Å². The molecule has 2 aliphatic rings. The molecule has 0 amide bonds. The van der Waals surface area contributed by atoms with Gasteiger partial charge in [0, 0.05) is 18.3 Å². The Kier molecular flexibility index (Phi) is 2.45. The SMILES string of the molecule is Nc1cc(Cl)c(N2CC3CCC2C3)c(Cl)c1. The van der Waals surface area contributed by atoms with Crippen LogP contribution in [0.2, 0.25) is 10.0 Å². The molecule has 1 aromatic carbocycles. The van der Waals surface area contributed by atoms with Crippen LogP contribution in [0.15, 0.2) is 12.1 Å². The Morgan fingerprint density at radius 3 is 2.38 bits per heavy atom. The molecule has 1 saturated heterocycles. The van der Waals surface area contributed by atoms with Gasteiger partial charge in [-0.25, -0.2) is 0 Å². The summed E-state index contributed by atoms with van der Waals surface area (Å²) in [6, 6.07) is 4.20. The monoisotopic (exact) mass is 256 g/mol. The van der Waals surface area contributed by atoms with Gasteiger partial charge in [0.1, 0.15) is 0 Å². The summed E-state index contributed by atoms with van der Waals surface area (Å²) in [4.78, 5) is 2.36. The molecule has 1 aliphatic heterocycles. The minimum atomic E-state index is 0.628. The van der Waals surface area contributed by atoms with Crippen molar-refractivity contribution in [3.63, 3.8) is 0 Å². The number of nitrogen functional groups attached to an aromatic ring is 1. The zero-order valence-electron chi connectivity index (χ0n) is 8.92. The molecule has 86 valence electrons. The van der Waals surface area contributed by atoms with Crippen LogP contribution in [0.25, 0.3) is 0 Å². The molecule has 1 heterocycles. The third-order valence-corrected chi connectivity index (χ3v) is 4.31. The molecular formula is C12H14Cl2N2. The number of piperidine rings is 1. The van der Waals surface area contributed by atoms with Gasteiger partial charge in [-0.3, -0.25) is 0 Å². The molecule has 2 bridgehead atoms. The maximum atomic E-state index is 6.25. The normalized spacial score (nSPS) is 27.8. The first kappa shape index (κ1) is 10.5. The topological polar surface area (TPSA) is 29.3 Å². The largest absolute Gasteiger partial charge is 0.399 e. The van der Waals surface area contributed by atoms with Crippen LogP contribution in [0.5, 0.6) is 0 Å². The second-order valence-corrected chi connectivity index (χ2v) is 5.63. The molecule has 2 nitrogen and oxygen atoms in total. The summed E-state index contributed by atoms with van der Waals surface area (Å²) < 4.78 is 0. The van der Waals surface area contributed by atoms with E-state index in [-0.39, 0.29) is 0 Å². The third-order valence-electron chi connectivity index (χ3n) is 3.74. The Bertz CT molecular complexity index is 410. The first-order valence-electron chi connectivity index (χ1n) is 5.66. The molecule has 16 heavy (non-hydrogen) atoms. The number of nitrogens with two attached hydrogens (primary N) is 1. The van der Waals surface area contributed by atoms with Crippen molar-refractivity contribution in [3.8, 4) is 0 Å². The first-order chi connectivity index (χ1) is 7.65. The van der Waals surface area contributed by atoms with Crippen LogP contribution in [0, 0.1) is 5.92 Å². The number of rotatable bonds is 1. The van der Waals surface area contributed by atoms with Gasteiger partial charge in [0.05, 0.1) is 15.7 Å². The molecule has 2 atom stereocenters. The van der Waals surface area contributed by atoms with Crippen molar-refractivity contribution in [2.45, 2.75) is 25.3 Å². The molecular weight excluding hydrogens is 243 g/mol. The smallest absolute Gasteiger partial charge is 0.0749 e. The Hall–Kier alpha value is -0.600. The van der Waals surface area contributed by atoms with Crippen molar-refractivity contribution in [1.29, 1.82) is 0 Å². The fourth-order valence-corrected chi connectivity index (χ4v) is 3.78. The molecule has 0 aromatic heterocycles. The molecule has 2 N–H and O–H groups in total. The lowest BCUT2D eigenvalue weighted by molar-refractivity contribution is 0.554. The zero-order valence-corrected chi connectivity index (χ0v) is 10.4. The standard InChI is InChI=1S/C12H14Cl2N2/c13-10-4-8(15)5-11(14)12(10)16-6-7-1-2-9(16)3-7/h4-5,7,9H,1-3,6,15H2. The number of fused-ring (bicyclic) bond motifs is 2. The highest BCUT2D eigenvalue weighted by Crippen LogP contribution is 2.45. The average Bonchev–Trinajstić information content (AvgIpc) is 2.77. The number of benzene rings is 1. The van der Waals surface area contributed by atoms with Crippen molar-refractivity contribution >= 4 is 34.6 Å². The van der Waals surface area contributed by atoms with Gasteiger partial charge in [-0.05, 0) is 37.3 Å². The molecule has 1 saturated carbocycles. The predicted octanol–water partition coefficient (Wildman–Crippen LogP) is 3.56. The minimum absolute atomic E-state index is 0.628. The van der Waals surface area contributed by atoms with E-state index >= 15 is 0 Å². The fraction of sp³-hybridized carbons (Fsp3) is 0.500. The van der Waals surface area contributed by atoms with Crippen LogP contribution in [0.4, 0.5) is 11.4 Å². The van der Waals surface area contributed by atoms with Crippen LogP contribution in [0.3, 0.4) is 0 Å². The summed E-state index contributed by atoms with van der Waals surface area (Å²) in [5, 5.41) is 1.36. The summed E-state index contributed by atoms with van der Waals surface area (Å²) in [5.74, 6) is 0.828. The molecule has 4 heteroatoms. The van der Waals surface area contributed by atoms with Crippen molar-refractivity contribution in [2.75, 3.05) is 17.2 Å². The second-order valence-electron chi connectivity index (χ2n) is 4.82. The summed E-state index contributed by atoms with van der Waals surface area (Å²) in [5.41, 5.74) is 7.32. The fourth-order valence-electron chi connectivity index (χ4n) is 3.06. The van der Waals surface area contributed by atoms with Crippen molar-refractivity contribution in [1.82, 2.24) is 0 Å². The number of anilines is 2. The van der Waals surface area contributed by atoms with Gasteiger partial charge in [-0.15, -0.1) is 0 Å². The van der Waals surface area contributed by atoms with E-state index in [1.165, 1.54) is 19.3 Å².